The number of nitrogens with one attached hydrogen (secondary N) is 1. The van der Waals surface area contributed by atoms with Crippen LogP contribution in [0.15, 0.2) is 46.3 Å². The molecule has 9 nitrogen and oxygen atoms in total. The second-order valence-corrected chi connectivity index (χ2v) is 6.96. The summed E-state index contributed by atoms with van der Waals surface area (Å²) < 4.78 is 15.7. The van der Waals surface area contributed by atoms with Gasteiger partial charge in [-0.25, -0.2) is 4.99 Å². The van der Waals surface area contributed by atoms with Crippen LogP contribution in [0.4, 0.5) is 11.4 Å². The third-order valence-corrected chi connectivity index (χ3v) is 4.96. The molecule has 0 aliphatic carbocycles. The van der Waals surface area contributed by atoms with Gasteiger partial charge in [0.05, 0.1) is 48.0 Å². The number of amides is 1. The maximum Gasteiger partial charge on any atom is 0.280 e. The molecule has 0 aromatic heterocycles. The minimum absolute atomic E-state index is 0.203. The minimum Gasteiger partial charge on any atom is -0.494 e. The van der Waals surface area contributed by atoms with Gasteiger partial charge in [0.15, 0.2) is 16.7 Å². The first-order valence-corrected chi connectivity index (χ1v) is 9.69. The fourth-order valence-electron chi connectivity index (χ4n) is 2.68. The largest absolute Gasteiger partial charge is 0.494 e. The lowest BCUT2D eigenvalue weighted by Gasteiger charge is -2.08. The van der Waals surface area contributed by atoms with E-state index in [1.165, 1.54) is 32.4 Å². The van der Waals surface area contributed by atoms with Gasteiger partial charge in [-0.3, -0.25) is 14.9 Å². The molecule has 0 unspecified atom stereocenters. The summed E-state index contributed by atoms with van der Waals surface area (Å²) in [5, 5.41) is 14.5. The summed E-state index contributed by atoms with van der Waals surface area (Å²) in [4.78, 5) is 27.9. The molecule has 1 N–H and O–H groups in total. The van der Waals surface area contributed by atoms with Gasteiger partial charge < -0.3 is 19.5 Å². The van der Waals surface area contributed by atoms with Crippen molar-refractivity contribution in [2.45, 2.75) is 6.92 Å². The van der Waals surface area contributed by atoms with E-state index in [1.807, 2.05) is 6.92 Å². The van der Waals surface area contributed by atoms with Gasteiger partial charge in [-0.2, -0.15) is 0 Å². The van der Waals surface area contributed by atoms with Crippen molar-refractivity contribution in [3.05, 3.63) is 57.0 Å². The number of rotatable bonds is 7. The SMILES string of the molecule is CCOc1ccc(N=C2NC(=O)/C(=C/c3cc(OC)c(OC)cc3[N+](=O)[O-])S2)cc1. The van der Waals surface area contributed by atoms with E-state index in [0.29, 0.717) is 23.2 Å². The Labute approximate surface area is 176 Å². The molecule has 1 heterocycles. The van der Waals surface area contributed by atoms with Crippen molar-refractivity contribution in [1.82, 2.24) is 5.32 Å². The maximum absolute atomic E-state index is 12.4. The monoisotopic (exact) mass is 429 g/mol. The Balaban J connectivity index is 1.90. The van der Waals surface area contributed by atoms with Crippen LogP contribution in [0.3, 0.4) is 0 Å². The number of carbonyl (C=O) groups is 1. The zero-order chi connectivity index (χ0) is 21.7. The van der Waals surface area contributed by atoms with Gasteiger partial charge in [-0.05, 0) is 55.1 Å². The van der Waals surface area contributed by atoms with Gasteiger partial charge in [0, 0.05) is 0 Å². The van der Waals surface area contributed by atoms with Crippen LogP contribution in [-0.4, -0.2) is 36.8 Å². The molecule has 0 atom stereocenters. The summed E-state index contributed by atoms with van der Waals surface area (Å²) in [6, 6.07) is 9.83. The number of carbonyl (C=O) groups excluding carboxylic acids is 1. The third-order valence-electron chi connectivity index (χ3n) is 4.05. The predicted octanol–water partition coefficient (Wildman–Crippen LogP) is 3.90. The smallest absolute Gasteiger partial charge is 0.280 e. The minimum atomic E-state index is -0.541. The molecule has 156 valence electrons. The van der Waals surface area contributed by atoms with Crippen molar-refractivity contribution in [2.24, 2.45) is 4.99 Å². The molecular formula is C20H19N3O6S. The molecule has 0 saturated carbocycles. The summed E-state index contributed by atoms with van der Waals surface area (Å²) in [5.74, 6) is 0.883. The first kappa shape index (κ1) is 21.2. The number of nitro benzene ring substituents is 1. The van der Waals surface area contributed by atoms with Gasteiger partial charge >= 0.3 is 0 Å². The van der Waals surface area contributed by atoms with Gasteiger partial charge in [0.2, 0.25) is 0 Å². The van der Waals surface area contributed by atoms with Gasteiger partial charge in [-0.1, -0.05) is 0 Å². The molecule has 30 heavy (non-hydrogen) atoms. The Morgan fingerprint density at radius 3 is 2.43 bits per heavy atom. The lowest BCUT2D eigenvalue weighted by Crippen LogP contribution is -2.19. The number of benzene rings is 2. The van der Waals surface area contributed by atoms with E-state index in [9.17, 15) is 14.9 Å². The first-order chi connectivity index (χ1) is 14.4. The van der Waals surface area contributed by atoms with Gasteiger partial charge in [0.25, 0.3) is 11.6 Å². The maximum atomic E-state index is 12.4. The van der Waals surface area contributed by atoms with Crippen molar-refractivity contribution >= 4 is 40.3 Å². The average molecular weight is 429 g/mol. The summed E-state index contributed by atoms with van der Waals surface area (Å²) in [7, 11) is 2.82. The van der Waals surface area contributed by atoms with Crippen LogP contribution >= 0.6 is 11.8 Å². The third kappa shape index (κ3) is 4.71. The van der Waals surface area contributed by atoms with E-state index in [1.54, 1.807) is 24.3 Å². The van der Waals surface area contributed by atoms with Crippen LogP contribution in [0, 0.1) is 10.1 Å². The van der Waals surface area contributed by atoms with Crippen LogP contribution in [0.5, 0.6) is 17.2 Å². The number of thioether (sulfide) groups is 1. The second kappa shape index (κ2) is 9.31. The number of aliphatic imine (C=N–C) groups is 1. The molecule has 0 bridgehead atoms. The van der Waals surface area contributed by atoms with Crippen LogP contribution in [0.25, 0.3) is 6.08 Å². The number of nitro groups is 1. The molecule has 1 aliphatic rings. The number of amidine groups is 1. The zero-order valence-electron chi connectivity index (χ0n) is 16.5. The van der Waals surface area contributed by atoms with Crippen molar-refractivity contribution in [3.63, 3.8) is 0 Å². The highest BCUT2D eigenvalue weighted by atomic mass is 32.2. The standard InChI is InChI=1S/C20H19N3O6S/c1-4-29-14-7-5-13(6-8-14)21-20-22-19(24)18(30-20)10-12-9-16(27-2)17(28-3)11-15(12)23(25)26/h5-11H,4H2,1-3H3,(H,21,22,24)/b18-10-. The Bertz CT molecular complexity index is 1030. The molecule has 1 fully saturated rings. The van der Waals surface area contributed by atoms with Crippen molar-refractivity contribution < 1.29 is 23.9 Å². The van der Waals surface area contributed by atoms with Crippen LogP contribution in [0.1, 0.15) is 12.5 Å². The summed E-state index contributed by atoms with van der Waals surface area (Å²) in [5.41, 5.74) is 0.655. The number of hydrogen-bond donors (Lipinski definition) is 1. The van der Waals surface area contributed by atoms with E-state index in [-0.39, 0.29) is 21.9 Å². The number of hydrogen-bond acceptors (Lipinski definition) is 8. The molecule has 0 radical (unpaired) electrons. The van der Waals surface area contributed by atoms with E-state index in [2.05, 4.69) is 10.3 Å². The Hall–Kier alpha value is -3.53. The Morgan fingerprint density at radius 1 is 1.17 bits per heavy atom. The highest BCUT2D eigenvalue weighted by Gasteiger charge is 2.26. The van der Waals surface area contributed by atoms with Crippen LogP contribution in [-0.2, 0) is 4.79 Å². The molecule has 1 saturated heterocycles. The zero-order valence-corrected chi connectivity index (χ0v) is 17.3. The highest BCUT2D eigenvalue weighted by molar-refractivity contribution is 8.18. The van der Waals surface area contributed by atoms with Crippen molar-refractivity contribution in [3.8, 4) is 17.2 Å². The lowest BCUT2D eigenvalue weighted by molar-refractivity contribution is -0.385. The van der Waals surface area contributed by atoms with Crippen molar-refractivity contribution in [2.75, 3.05) is 20.8 Å². The molecule has 0 spiro atoms. The number of nitrogens with zero attached hydrogens (tertiary/aromatic N) is 2. The second-order valence-electron chi connectivity index (χ2n) is 5.93. The number of methoxy groups -OCH3 is 2. The Kier molecular flexibility index (Phi) is 6.58. The van der Waals surface area contributed by atoms with Crippen molar-refractivity contribution in [1.29, 1.82) is 0 Å². The Morgan fingerprint density at radius 2 is 1.83 bits per heavy atom. The molecule has 3 rings (SSSR count). The fraction of sp³-hybridized carbons (Fsp3) is 0.200. The van der Waals surface area contributed by atoms with E-state index >= 15 is 0 Å². The molecular weight excluding hydrogens is 410 g/mol. The number of ether oxygens (including phenoxy) is 3. The molecule has 10 heteroatoms. The van der Waals surface area contributed by atoms with E-state index in [4.69, 9.17) is 14.2 Å². The molecule has 1 aliphatic heterocycles. The summed E-state index contributed by atoms with van der Waals surface area (Å²) in [6.07, 6.45) is 1.43. The quantitative estimate of drug-likeness (QED) is 0.403. The van der Waals surface area contributed by atoms with Gasteiger partial charge in [-0.15, -0.1) is 0 Å². The van der Waals surface area contributed by atoms with E-state index < -0.39 is 10.8 Å². The van der Waals surface area contributed by atoms with E-state index in [0.717, 1.165) is 17.5 Å². The summed E-state index contributed by atoms with van der Waals surface area (Å²) in [6.45, 7) is 2.46. The molecule has 1 amide bonds. The van der Waals surface area contributed by atoms with Gasteiger partial charge in [0.1, 0.15) is 5.75 Å². The molecule has 2 aromatic carbocycles. The molecule has 2 aromatic rings. The lowest BCUT2D eigenvalue weighted by atomic mass is 10.1. The first-order valence-electron chi connectivity index (χ1n) is 8.88. The normalized spacial score (nSPS) is 15.9. The highest BCUT2D eigenvalue weighted by Crippen LogP contribution is 2.37. The topological polar surface area (TPSA) is 112 Å². The fourth-order valence-corrected chi connectivity index (χ4v) is 3.51. The van der Waals surface area contributed by atoms with Crippen LogP contribution in [0.2, 0.25) is 0 Å². The summed E-state index contributed by atoms with van der Waals surface area (Å²) >= 11 is 1.09. The predicted molar refractivity (Wildman–Crippen MR) is 115 cm³/mol. The average Bonchev–Trinajstić information content (AvgIpc) is 3.07. The van der Waals surface area contributed by atoms with Crippen LogP contribution < -0.4 is 19.5 Å².